The topological polar surface area (TPSA) is 46.3 Å². The summed E-state index contributed by atoms with van der Waals surface area (Å²) in [4.78, 5) is 14.4. The summed E-state index contributed by atoms with van der Waals surface area (Å²) in [6.07, 6.45) is 0. The lowest BCUT2D eigenvalue weighted by molar-refractivity contribution is 0.0987. The van der Waals surface area contributed by atoms with Gasteiger partial charge in [0.25, 0.3) is 5.91 Å². The van der Waals surface area contributed by atoms with Crippen LogP contribution in [0.2, 0.25) is 0 Å². The van der Waals surface area contributed by atoms with Crippen LogP contribution in [0.3, 0.4) is 0 Å². The van der Waals surface area contributed by atoms with Crippen molar-refractivity contribution in [1.82, 2.24) is 0 Å². The molecule has 0 radical (unpaired) electrons. The summed E-state index contributed by atoms with van der Waals surface area (Å²) in [5.41, 5.74) is 9.04. The maximum Gasteiger partial charge on any atom is 0.259 e. The molecule has 0 heterocycles. The first-order valence-corrected chi connectivity index (χ1v) is 7.26. The monoisotopic (exact) mass is 332 g/mol. The maximum atomic E-state index is 12.7. The van der Waals surface area contributed by atoms with Gasteiger partial charge in [0.1, 0.15) is 0 Å². The van der Waals surface area contributed by atoms with Gasteiger partial charge in [-0.3, -0.25) is 4.79 Å². The molecule has 0 fully saturated rings. The second kappa shape index (κ2) is 6.09. The van der Waals surface area contributed by atoms with E-state index < -0.39 is 0 Å². The normalized spacial score (nSPS) is 10.3. The Hall–Kier alpha value is -1.81. The Morgan fingerprint density at radius 3 is 2.45 bits per heavy atom. The van der Waals surface area contributed by atoms with Crippen molar-refractivity contribution in [3.63, 3.8) is 0 Å². The minimum atomic E-state index is -0.0597. The zero-order chi connectivity index (χ0) is 14.7. The number of benzene rings is 2. The van der Waals surface area contributed by atoms with E-state index in [2.05, 4.69) is 15.9 Å². The number of carbonyl (C=O) groups excluding carboxylic acids is 1. The minimum Gasteiger partial charge on any atom is -0.398 e. The Bertz CT molecular complexity index is 623. The summed E-state index contributed by atoms with van der Waals surface area (Å²) in [7, 11) is 0. The Kier molecular flexibility index (Phi) is 4.45. The lowest BCUT2D eigenvalue weighted by atomic mass is 10.1. The Morgan fingerprint density at radius 2 is 1.85 bits per heavy atom. The van der Waals surface area contributed by atoms with Crippen molar-refractivity contribution in [2.24, 2.45) is 0 Å². The van der Waals surface area contributed by atoms with Crippen LogP contribution in [0.4, 0.5) is 11.4 Å². The van der Waals surface area contributed by atoms with E-state index in [1.165, 1.54) is 5.56 Å². The smallest absolute Gasteiger partial charge is 0.259 e. The van der Waals surface area contributed by atoms with Crippen LogP contribution in [0.5, 0.6) is 0 Å². The van der Waals surface area contributed by atoms with Crippen molar-refractivity contribution in [3.8, 4) is 0 Å². The first-order valence-electron chi connectivity index (χ1n) is 6.47. The summed E-state index contributed by atoms with van der Waals surface area (Å²) in [6.45, 7) is 4.58. The number of halogens is 1. The molecule has 2 aromatic rings. The summed E-state index contributed by atoms with van der Waals surface area (Å²) in [5.74, 6) is -0.0597. The highest BCUT2D eigenvalue weighted by Crippen LogP contribution is 2.26. The molecule has 20 heavy (non-hydrogen) atoms. The number of amides is 1. The number of hydrogen-bond acceptors (Lipinski definition) is 2. The maximum absolute atomic E-state index is 12.7. The minimum absolute atomic E-state index is 0.0597. The van der Waals surface area contributed by atoms with Gasteiger partial charge in [-0.2, -0.15) is 0 Å². The van der Waals surface area contributed by atoms with Crippen molar-refractivity contribution in [3.05, 3.63) is 58.1 Å². The Labute approximate surface area is 127 Å². The van der Waals surface area contributed by atoms with E-state index >= 15 is 0 Å². The predicted octanol–water partition coefficient (Wildman–Crippen LogP) is 4.01. The molecule has 0 aromatic heterocycles. The summed E-state index contributed by atoms with van der Waals surface area (Å²) in [6, 6.07) is 13.2. The van der Waals surface area contributed by atoms with Crippen LogP contribution in [-0.4, -0.2) is 12.5 Å². The summed E-state index contributed by atoms with van der Waals surface area (Å²) < 4.78 is 0.649. The van der Waals surface area contributed by atoms with Crippen LogP contribution in [-0.2, 0) is 0 Å². The van der Waals surface area contributed by atoms with Gasteiger partial charge in [-0.1, -0.05) is 23.8 Å². The third-order valence-corrected chi connectivity index (χ3v) is 4.05. The van der Waals surface area contributed by atoms with Crippen molar-refractivity contribution in [1.29, 1.82) is 0 Å². The fourth-order valence-electron chi connectivity index (χ4n) is 2.03. The lowest BCUT2D eigenvalue weighted by Crippen LogP contribution is -2.31. The molecule has 0 aliphatic rings. The highest BCUT2D eigenvalue weighted by Gasteiger charge is 2.19. The van der Waals surface area contributed by atoms with Crippen molar-refractivity contribution in [2.45, 2.75) is 13.8 Å². The Balaban J connectivity index is 2.39. The number of nitrogens with two attached hydrogens (primary N) is 1. The van der Waals surface area contributed by atoms with Crippen LogP contribution in [0.1, 0.15) is 22.8 Å². The number of aryl methyl sites for hydroxylation is 1. The second-order valence-corrected chi connectivity index (χ2v) is 5.39. The van der Waals surface area contributed by atoms with Gasteiger partial charge in [0.15, 0.2) is 0 Å². The number of rotatable bonds is 3. The molecule has 0 saturated carbocycles. The molecule has 0 aliphatic heterocycles. The molecule has 0 bridgehead atoms. The number of hydrogen-bond donors (Lipinski definition) is 1. The second-order valence-electron chi connectivity index (χ2n) is 4.59. The molecule has 2 rings (SSSR count). The third-order valence-electron chi connectivity index (χ3n) is 3.17. The molecule has 2 aromatic carbocycles. The fraction of sp³-hybridized carbons (Fsp3) is 0.188. The fourth-order valence-corrected chi connectivity index (χ4v) is 2.46. The summed E-state index contributed by atoms with van der Waals surface area (Å²) in [5, 5.41) is 0. The first-order chi connectivity index (χ1) is 9.54. The van der Waals surface area contributed by atoms with Gasteiger partial charge in [-0.05, 0) is 54.0 Å². The van der Waals surface area contributed by atoms with E-state index in [1.54, 1.807) is 23.1 Å². The predicted molar refractivity (Wildman–Crippen MR) is 87.1 cm³/mol. The Morgan fingerprint density at radius 1 is 1.20 bits per heavy atom. The molecule has 2 N–H and O–H groups in total. The van der Waals surface area contributed by atoms with Gasteiger partial charge >= 0.3 is 0 Å². The van der Waals surface area contributed by atoms with Gasteiger partial charge in [0.2, 0.25) is 0 Å². The van der Waals surface area contributed by atoms with Gasteiger partial charge in [0.05, 0.1) is 10.0 Å². The molecule has 0 unspecified atom stereocenters. The highest BCUT2D eigenvalue weighted by atomic mass is 79.9. The van der Waals surface area contributed by atoms with Crippen molar-refractivity contribution < 1.29 is 4.79 Å². The third kappa shape index (κ3) is 2.85. The number of carbonyl (C=O) groups is 1. The van der Waals surface area contributed by atoms with Crippen molar-refractivity contribution in [2.75, 3.05) is 17.2 Å². The zero-order valence-corrected chi connectivity index (χ0v) is 13.1. The van der Waals surface area contributed by atoms with Crippen LogP contribution >= 0.6 is 15.9 Å². The molecular formula is C16H17BrN2O. The zero-order valence-electron chi connectivity index (χ0n) is 11.6. The van der Waals surface area contributed by atoms with Gasteiger partial charge < -0.3 is 10.6 Å². The average molecular weight is 333 g/mol. The van der Waals surface area contributed by atoms with E-state index in [0.29, 0.717) is 22.3 Å². The highest BCUT2D eigenvalue weighted by molar-refractivity contribution is 9.10. The molecule has 0 atom stereocenters. The molecule has 0 saturated heterocycles. The first kappa shape index (κ1) is 14.6. The molecule has 104 valence electrons. The number of nitrogens with zero attached hydrogens (tertiary/aromatic N) is 1. The lowest BCUT2D eigenvalue weighted by Gasteiger charge is -2.22. The van der Waals surface area contributed by atoms with Crippen molar-refractivity contribution >= 4 is 33.2 Å². The van der Waals surface area contributed by atoms with Crippen LogP contribution in [0, 0.1) is 6.92 Å². The standard InChI is InChI=1S/C16H17BrN2O/c1-3-19(12-9-7-11(2)8-10-12)16(20)13-5-4-6-14(18)15(13)17/h4-10H,3,18H2,1-2H3. The summed E-state index contributed by atoms with van der Waals surface area (Å²) >= 11 is 3.39. The molecule has 1 amide bonds. The van der Waals surface area contributed by atoms with Gasteiger partial charge in [-0.15, -0.1) is 0 Å². The van der Waals surface area contributed by atoms with E-state index in [-0.39, 0.29) is 5.91 Å². The van der Waals surface area contributed by atoms with E-state index in [4.69, 9.17) is 5.73 Å². The quantitative estimate of drug-likeness (QED) is 0.863. The molecule has 0 spiro atoms. The van der Waals surface area contributed by atoms with E-state index in [0.717, 1.165) is 5.69 Å². The molecule has 0 aliphatic carbocycles. The van der Waals surface area contributed by atoms with Gasteiger partial charge in [0, 0.05) is 17.9 Å². The van der Waals surface area contributed by atoms with Gasteiger partial charge in [-0.25, -0.2) is 0 Å². The van der Waals surface area contributed by atoms with Crippen LogP contribution < -0.4 is 10.6 Å². The van der Waals surface area contributed by atoms with Crippen LogP contribution in [0.15, 0.2) is 46.9 Å². The average Bonchev–Trinajstić information content (AvgIpc) is 2.44. The largest absolute Gasteiger partial charge is 0.398 e. The SMILES string of the molecule is CCN(C(=O)c1cccc(N)c1Br)c1ccc(C)cc1. The number of nitrogen functional groups attached to an aromatic ring is 1. The molecular weight excluding hydrogens is 316 g/mol. The number of anilines is 2. The molecule has 4 heteroatoms. The van der Waals surface area contributed by atoms with E-state index in [1.807, 2.05) is 38.1 Å². The van der Waals surface area contributed by atoms with E-state index in [9.17, 15) is 4.79 Å². The van der Waals surface area contributed by atoms with Crippen LogP contribution in [0.25, 0.3) is 0 Å². The molecule has 3 nitrogen and oxygen atoms in total.